The van der Waals surface area contributed by atoms with E-state index in [0.717, 1.165) is 18.7 Å². The molecule has 4 nitrogen and oxygen atoms in total. The van der Waals surface area contributed by atoms with Gasteiger partial charge in [-0.3, -0.25) is 9.69 Å². The van der Waals surface area contributed by atoms with E-state index in [2.05, 4.69) is 29.4 Å². The van der Waals surface area contributed by atoms with Gasteiger partial charge in [-0.25, -0.2) is 0 Å². The minimum absolute atomic E-state index is 0.0879. The van der Waals surface area contributed by atoms with E-state index in [-0.39, 0.29) is 12.5 Å². The van der Waals surface area contributed by atoms with Crippen molar-refractivity contribution in [2.24, 2.45) is 0 Å². The summed E-state index contributed by atoms with van der Waals surface area (Å²) >= 11 is 0. The third-order valence-corrected chi connectivity index (χ3v) is 3.56. The summed E-state index contributed by atoms with van der Waals surface area (Å²) in [4.78, 5) is 14.3. The minimum atomic E-state index is -0.0917. The number of benzene rings is 2. The quantitative estimate of drug-likeness (QED) is 0.736. The molecule has 1 amide bonds. The third kappa shape index (κ3) is 5.85. The summed E-state index contributed by atoms with van der Waals surface area (Å²) in [6.07, 6.45) is 0.575. The van der Waals surface area contributed by atoms with Crippen LogP contribution in [0.3, 0.4) is 0 Å². The number of hydrogen-bond acceptors (Lipinski definition) is 3. The Morgan fingerprint density at radius 3 is 2.48 bits per heavy atom. The monoisotopic (exact) mass is 312 g/mol. The van der Waals surface area contributed by atoms with Crippen LogP contribution >= 0.6 is 0 Å². The Morgan fingerprint density at radius 1 is 1.04 bits per heavy atom. The first-order chi connectivity index (χ1) is 11.2. The summed E-state index contributed by atoms with van der Waals surface area (Å²) < 4.78 is 0. The van der Waals surface area contributed by atoms with Gasteiger partial charge in [-0.15, -0.1) is 0 Å². The van der Waals surface area contributed by atoms with Crippen molar-refractivity contribution in [1.82, 2.24) is 10.2 Å². The molecule has 0 aromatic heterocycles. The zero-order chi connectivity index (χ0) is 16.5. The molecular formula is C19H24N2O2. The molecule has 0 aliphatic rings. The highest BCUT2D eigenvalue weighted by Crippen LogP contribution is 2.10. The van der Waals surface area contributed by atoms with E-state index in [9.17, 15) is 4.79 Å². The number of aliphatic hydroxyl groups excluding tert-OH is 1. The molecule has 0 saturated heterocycles. The fourth-order valence-corrected chi connectivity index (χ4v) is 2.46. The van der Waals surface area contributed by atoms with E-state index in [0.29, 0.717) is 18.5 Å². The van der Waals surface area contributed by atoms with Crippen LogP contribution in [0.5, 0.6) is 0 Å². The van der Waals surface area contributed by atoms with Gasteiger partial charge in [0.2, 0.25) is 0 Å². The van der Waals surface area contributed by atoms with Crippen LogP contribution in [0.15, 0.2) is 54.6 Å². The van der Waals surface area contributed by atoms with Gasteiger partial charge in [-0.1, -0.05) is 42.5 Å². The number of aliphatic hydroxyl groups is 1. The number of amides is 1. The van der Waals surface area contributed by atoms with Crippen molar-refractivity contribution < 1.29 is 9.90 Å². The predicted octanol–water partition coefficient (Wildman–Crippen LogP) is 2.43. The SMILES string of the molecule is CN(Cc1ccccc1)Cc1cccc(C(=O)NCCCO)c1. The highest BCUT2D eigenvalue weighted by molar-refractivity contribution is 5.94. The maximum Gasteiger partial charge on any atom is 0.251 e. The average Bonchev–Trinajstić information content (AvgIpc) is 2.56. The van der Waals surface area contributed by atoms with Crippen molar-refractivity contribution in [3.8, 4) is 0 Å². The number of rotatable bonds is 8. The fraction of sp³-hybridized carbons (Fsp3) is 0.316. The molecule has 0 radical (unpaired) electrons. The Hall–Kier alpha value is -2.17. The minimum Gasteiger partial charge on any atom is -0.396 e. The summed E-state index contributed by atoms with van der Waals surface area (Å²) in [5, 5.41) is 11.6. The maximum absolute atomic E-state index is 12.0. The van der Waals surface area contributed by atoms with Gasteiger partial charge < -0.3 is 10.4 Å². The lowest BCUT2D eigenvalue weighted by Crippen LogP contribution is -2.25. The largest absolute Gasteiger partial charge is 0.396 e. The van der Waals surface area contributed by atoms with Crippen LogP contribution in [0, 0.1) is 0 Å². The number of nitrogens with one attached hydrogen (secondary N) is 1. The molecular weight excluding hydrogens is 288 g/mol. The highest BCUT2D eigenvalue weighted by Gasteiger charge is 2.07. The molecule has 122 valence electrons. The van der Waals surface area contributed by atoms with Crippen LogP contribution in [0.1, 0.15) is 27.9 Å². The van der Waals surface area contributed by atoms with Crippen LogP contribution in [-0.2, 0) is 13.1 Å². The van der Waals surface area contributed by atoms with Crippen LogP contribution < -0.4 is 5.32 Å². The van der Waals surface area contributed by atoms with Crippen molar-refractivity contribution in [3.05, 3.63) is 71.3 Å². The molecule has 2 aromatic rings. The summed E-state index contributed by atoms with van der Waals surface area (Å²) in [5.74, 6) is -0.0917. The molecule has 0 atom stereocenters. The molecule has 0 saturated carbocycles. The van der Waals surface area contributed by atoms with Gasteiger partial charge in [0, 0.05) is 31.8 Å². The lowest BCUT2D eigenvalue weighted by atomic mass is 10.1. The molecule has 2 rings (SSSR count). The van der Waals surface area contributed by atoms with Crippen LogP contribution in [0.4, 0.5) is 0 Å². The molecule has 23 heavy (non-hydrogen) atoms. The van der Waals surface area contributed by atoms with E-state index >= 15 is 0 Å². The molecule has 0 fully saturated rings. The molecule has 4 heteroatoms. The lowest BCUT2D eigenvalue weighted by molar-refractivity contribution is 0.0951. The van der Waals surface area contributed by atoms with Crippen LogP contribution in [0.2, 0.25) is 0 Å². The third-order valence-electron chi connectivity index (χ3n) is 3.56. The summed E-state index contributed by atoms with van der Waals surface area (Å²) in [7, 11) is 2.07. The first kappa shape index (κ1) is 17.2. The molecule has 2 aromatic carbocycles. The van der Waals surface area contributed by atoms with Gasteiger partial charge in [-0.2, -0.15) is 0 Å². The van der Waals surface area contributed by atoms with Crippen molar-refractivity contribution >= 4 is 5.91 Å². The van der Waals surface area contributed by atoms with Gasteiger partial charge in [0.15, 0.2) is 0 Å². The normalized spacial score (nSPS) is 10.7. The number of carbonyl (C=O) groups is 1. The Balaban J connectivity index is 1.92. The van der Waals surface area contributed by atoms with E-state index < -0.39 is 0 Å². The molecule has 0 aliphatic heterocycles. The van der Waals surface area contributed by atoms with Crippen molar-refractivity contribution in [2.45, 2.75) is 19.5 Å². The van der Waals surface area contributed by atoms with Crippen LogP contribution in [0.25, 0.3) is 0 Å². The van der Waals surface area contributed by atoms with E-state index in [1.54, 1.807) is 0 Å². The first-order valence-electron chi connectivity index (χ1n) is 7.89. The second kappa shape index (κ2) is 9.08. The Bertz CT molecular complexity index is 614. The standard InChI is InChI=1S/C19H24N2O2/c1-21(14-16-7-3-2-4-8-16)15-17-9-5-10-18(13-17)19(23)20-11-6-12-22/h2-5,7-10,13,22H,6,11-12,14-15H2,1H3,(H,20,23). The second-order valence-corrected chi connectivity index (χ2v) is 5.69. The van der Waals surface area contributed by atoms with Gasteiger partial charge >= 0.3 is 0 Å². The second-order valence-electron chi connectivity index (χ2n) is 5.69. The molecule has 0 heterocycles. The Labute approximate surface area is 137 Å². The predicted molar refractivity (Wildman–Crippen MR) is 92.1 cm³/mol. The smallest absolute Gasteiger partial charge is 0.251 e. The topological polar surface area (TPSA) is 52.6 Å². The van der Waals surface area contributed by atoms with Crippen molar-refractivity contribution in [2.75, 3.05) is 20.2 Å². The van der Waals surface area contributed by atoms with Crippen molar-refractivity contribution in [1.29, 1.82) is 0 Å². The molecule has 0 aliphatic carbocycles. The summed E-state index contributed by atoms with van der Waals surface area (Å²) in [6, 6.07) is 18.0. The van der Waals surface area contributed by atoms with Gasteiger partial charge in [0.1, 0.15) is 0 Å². The molecule has 0 unspecified atom stereocenters. The first-order valence-corrected chi connectivity index (χ1v) is 7.89. The van der Waals surface area contributed by atoms with Crippen LogP contribution in [-0.4, -0.2) is 36.1 Å². The average molecular weight is 312 g/mol. The summed E-state index contributed by atoms with van der Waals surface area (Å²) in [5.41, 5.74) is 3.04. The van der Waals surface area contributed by atoms with Gasteiger partial charge in [0.25, 0.3) is 5.91 Å². The number of hydrogen-bond donors (Lipinski definition) is 2. The lowest BCUT2D eigenvalue weighted by Gasteiger charge is -2.17. The van der Waals surface area contributed by atoms with Crippen molar-refractivity contribution in [3.63, 3.8) is 0 Å². The van der Waals surface area contributed by atoms with Gasteiger partial charge in [0.05, 0.1) is 0 Å². The number of carbonyl (C=O) groups excluding carboxylic acids is 1. The zero-order valence-electron chi connectivity index (χ0n) is 13.5. The molecule has 2 N–H and O–H groups in total. The molecule has 0 spiro atoms. The van der Waals surface area contributed by atoms with E-state index in [4.69, 9.17) is 5.11 Å². The van der Waals surface area contributed by atoms with Gasteiger partial charge in [-0.05, 0) is 36.7 Å². The maximum atomic E-state index is 12.0. The van der Waals surface area contributed by atoms with E-state index in [1.807, 2.05) is 42.5 Å². The molecule has 0 bridgehead atoms. The Morgan fingerprint density at radius 2 is 1.74 bits per heavy atom. The zero-order valence-corrected chi connectivity index (χ0v) is 13.5. The number of nitrogens with zero attached hydrogens (tertiary/aromatic N) is 1. The summed E-state index contributed by atoms with van der Waals surface area (Å²) in [6.45, 7) is 2.23. The Kier molecular flexibility index (Phi) is 6.78. The highest BCUT2D eigenvalue weighted by atomic mass is 16.3. The van der Waals surface area contributed by atoms with E-state index in [1.165, 1.54) is 5.56 Å². The fourth-order valence-electron chi connectivity index (χ4n) is 2.46.